The molecule has 2 heterocycles. The SMILES string of the molecule is CCCn1c(C)ccc(-c2n[nH]c(=S)n2C(C)C)c1=O. The van der Waals surface area contributed by atoms with Gasteiger partial charge in [-0.25, -0.2) is 0 Å². The molecule has 2 aromatic rings. The van der Waals surface area contributed by atoms with Crippen molar-refractivity contribution in [2.24, 2.45) is 0 Å². The minimum absolute atomic E-state index is 0.0113. The molecule has 108 valence electrons. The molecule has 0 aromatic carbocycles. The maximum Gasteiger partial charge on any atom is 0.261 e. The van der Waals surface area contributed by atoms with E-state index < -0.39 is 0 Å². The van der Waals surface area contributed by atoms with Gasteiger partial charge in [0.05, 0.1) is 5.56 Å². The number of aromatic nitrogens is 4. The number of aromatic amines is 1. The van der Waals surface area contributed by atoms with Crippen molar-refractivity contribution in [1.29, 1.82) is 0 Å². The summed E-state index contributed by atoms with van der Waals surface area (Å²) in [5.41, 5.74) is 1.54. The Kier molecular flexibility index (Phi) is 4.23. The topological polar surface area (TPSA) is 55.6 Å². The molecule has 0 saturated carbocycles. The number of hydrogen-bond acceptors (Lipinski definition) is 3. The second-order valence-electron chi connectivity index (χ2n) is 5.16. The van der Waals surface area contributed by atoms with E-state index in [2.05, 4.69) is 17.1 Å². The number of rotatable bonds is 4. The highest BCUT2D eigenvalue weighted by Crippen LogP contribution is 2.18. The molecule has 1 N–H and O–H groups in total. The first-order valence-electron chi connectivity index (χ1n) is 6.85. The third-order valence-electron chi connectivity index (χ3n) is 3.30. The second kappa shape index (κ2) is 5.75. The van der Waals surface area contributed by atoms with Gasteiger partial charge < -0.3 is 4.57 Å². The molecule has 0 aliphatic heterocycles. The standard InChI is InChI=1S/C14H20N4OS/c1-5-8-17-10(4)6-7-11(13(17)19)12-15-16-14(20)18(12)9(2)3/h6-7,9H,5,8H2,1-4H3,(H,16,20). The number of hydrogen-bond donors (Lipinski definition) is 1. The minimum Gasteiger partial charge on any atom is -0.312 e. The molecule has 20 heavy (non-hydrogen) atoms. The molecule has 0 atom stereocenters. The molecule has 0 radical (unpaired) electrons. The zero-order valence-corrected chi connectivity index (χ0v) is 13.1. The molecule has 2 rings (SSSR count). The maximum atomic E-state index is 12.6. The summed E-state index contributed by atoms with van der Waals surface area (Å²) in [6.07, 6.45) is 0.918. The van der Waals surface area contributed by atoms with Crippen LogP contribution < -0.4 is 5.56 Å². The number of aryl methyl sites for hydroxylation is 1. The number of H-pyrrole nitrogens is 1. The molecule has 0 spiro atoms. The lowest BCUT2D eigenvalue weighted by Crippen LogP contribution is -2.24. The van der Waals surface area contributed by atoms with Crippen molar-refractivity contribution in [1.82, 2.24) is 19.3 Å². The fraction of sp³-hybridized carbons (Fsp3) is 0.500. The smallest absolute Gasteiger partial charge is 0.261 e. The number of pyridine rings is 1. The van der Waals surface area contributed by atoms with Crippen LogP contribution in [0.15, 0.2) is 16.9 Å². The van der Waals surface area contributed by atoms with Gasteiger partial charge >= 0.3 is 0 Å². The van der Waals surface area contributed by atoms with Crippen LogP contribution >= 0.6 is 12.2 Å². The van der Waals surface area contributed by atoms with E-state index in [9.17, 15) is 4.79 Å². The van der Waals surface area contributed by atoms with E-state index in [1.807, 2.05) is 37.5 Å². The van der Waals surface area contributed by atoms with Crippen LogP contribution in [0, 0.1) is 11.7 Å². The Morgan fingerprint density at radius 3 is 2.70 bits per heavy atom. The summed E-state index contributed by atoms with van der Waals surface area (Å²) in [6, 6.07) is 3.93. The highest BCUT2D eigenvalue weighted by atomic mass is 32.1. The second-order valence-corrected chi connectivity index (χ2v) is 5.55. The summed E-state index contributed by atoms with van der Waals surface area (Å²) in [7, 11) is 0. The number of nitrogens with zero attached hydrogens (tertiary/aromatic N) is 3. The van der Waals surface area contributed by atoms with Crippen molar-refractivity contribution in [3.05, 3.63) is 33.0 Å². The van der Waals surface area contributed by atoms with Crippen LogP contribution in [0.25, 0.3) is 11.4 Å². The molecular weight excluding hydrogens is 272 g/mol. The lowest BCUT2D eigenvalue weighted by Gasteiger charge is -2.13. The summed E-state index contributed by atoms with van der Waals surface area (Å²) < 4.78 is 4.20. The van der Waals surface area contributed by atoms with Gasteiger partial charge in [-0.15, -0.1) is 0 Å². The van der Waals surface area contributed by atoms with Gasteiger partial charge in [0.1, 0.15) is 0 Å². The van der Waals surface area contributed by atoms with Gasteiger partial charge in [-0.2, -0.15) is 5.10 Å². The first-order valence-corrected chi connectivity index (χ1v) is 7.26. The molecule has 0 saturated heterocycles. The van der Waals surface area contributed by atoms with E-state index in [1.165, 1.54) is 0 Å². The fourth-order valence-corrected chi connectivity index (χ4v) is 2.66. The van der Waals surface area contributed by atoms with Crippen LogP contribution in [-0.4, -0.2) is 19.3 Å². The Morgan fingerprint density at radius 2 is 2.10 bits per heavy atom. The molecule has 0 bridgehead atoms. The zero-order chi connectivity index (χ0) is 14.9. The van der Waals surface area contributed by atoms with Crippen molar-refractivity contribution in [3.63, 3.8) is 0 Å². The van der Waals surface area contributed by atoms with Gasteiger partial charge in [-0.1, -0.05) is 6.92 Å². The molecule has 5 nitrogen and oxygen atoms in total. The van der Waals surface area contributed by atoms with Crippen molar-refractivity contribution in [2.75, 3.05) is 0 Å². The van der Waals surface area contributed by atoms with Crippen molar-refractivity contribution < 1.29 is 0 Å². The predicted molar refractivity (Wildman–Crippen MR) is 82.5 cm³/mol. The lowest BCUT2D eigenvalue weighted by molar-refractivity contribution is 0.593. The van der Waals surface area contributed by atoms with Crippen LogP contribution in [0.1, 0.15) is 38.9 Å². The molecule has 2 aromatic heterocycles. The van der Waals surface area contributed by atoms with Gasteiger partial charge in [0, 0.05) is 18.3 Å². The van der Waals surface area contributed by atoms with Crippen molar-refractivity contribution in [2.45, 2.75) is 46.7 Å². The monoisotopic (exact) mass is 292 g/mol. The molecule has 0 fully saturated rings. The van der Waals surface area contributed by atoms with E-state index in [-0.39, 0.29) is 11.6 Å². The third kappa shape index (κ3) is 2.47. The van der Waals surface area contributed by atoms with Crippen LogP contribution in [0.4, 0.5) is 0 Å². The molecule has 0 unspecified atom stereocenters. The van der Waals surface area contributed by atoms with Gasteiger partial charge in [0.15, 0.2) is 10.6 Å². The maximum absolute atomic E-state index is 12.6. The Morgan fingerprint density at radius 1 is 1.40 bits per heavy atom. The minimum atomic E-state index is -0.0113. The Labute approximate surface area is 123 Å². The normalized spacial score (nSPS) is 11.2. The summed E-state index contributed by atoms with van der Waals surface area (Å²) in [6.45, 7) is 8.76. The van der Waals surface area contributed by atoms with E-state index in [4.69, 9.17) is 12.2 Å². The van der Waals surface area contributed by atoms with Crippen LogP contribution in [0.5, 0.6) is 0 Å². The molecule has 6 heteroatoms. The van der Waals surface area contributed by atoms with E-state index >= 15 is 0 Å². The van der Waals surface area contributed by atoms with Crippen LogP contribution in [0.3, 0.4) is 0 Å². The van der Waals surface area contributed by atoms with E-state index in [0.29, 0.717) is 22.7 Å². The summed E-state index contributed by atoms with van der Waals surface area (Å²) in [5.74, 6) is 0.611. The highest BCUT2D eigenvalue weighted by Gasteiger charge is 2.16. The summed E-state index contributed by atoms with van der Waals surface area (Å²) in [4.78, 5) is 12.6. The Bertz CT molecular complexity index is 724. The van der Waals surface area contributed by atoms with E-state index in [1.54, 1.807) is 4.57 Å². The van der Waals surface area contributed by atoms with Crippen LogP contribution in [0.2, 0.25) is 0 Å². The Hall–Kier alpha value is -1.69. The third-order valence-corrected chi connectivity index (χ3v) is 3.59. The van der Waals surface area contributed by atoms with Crippen LogP contribution in [-0.2, 0) is 6.54 Å². The van der Waals surface area contributed by atoms with Gasteiger partial charge in [-0.3, -0.25) is 14.5 Å². The van der Waals surface area contributed by atoms with Crippen molar-refractivity contribution in [3.8, 4) is 11.4 Å². The molecule has 0 amide bonds. The van der Waals surface area contributed by atoms with E-state index in [0.717, 1.165) is 12.1 Å². The highest BCUT2D eigenvalue weighted by molar-refractivity contribution is 7.71. The predicted octanol–water partition coefficient (Wildman–Crippen LogP) is 3.07. The number of nitrogens with one attached hydrogen (secondary N) is 1. The lowest BCUT2D eigenvalue weighted by atomic mass is 10.2. The Balaban J connectivity index is 2.69. The summed E-state index contributed by atoms with van der Waals surface area (Å²) >= 11 is 5.24. The molecule has 0 aliphatic carbocycles. The largest absolute Gasteiger partial charge is 0.312 e. The molecular formula is C14H20N4OS. The fourth-order valence-electron chi connectivity index (χ4n) is 2.32. The van der Waals surface area contributed by atoms with Gasteiger partial charge in [-0.05, 0) is 51.5 Å². The summed E-state index contributed by atoms with van der Waals surface area (Å²) in [5, 5.41) is 7.01. The first-order chi connectivity index (χ1) is 9.47. The van der Waals surface area contributed by atoms with Crippen molar-refractivity contribution >= 4 is 12.2 Å². The van der Waals surface area contributed by atoms with Gasteiger partial charge in [0.2, 0.25) is 0 Å². The first kappa shape index (κ1) is 14.7. The average molecular weight is 292 g/mol. The van der Waals surface area contributed by atoms with Gasteiger partial charge in [0.25, 0.3) is 5.56 Å². The molecule has 0 aliphatic rings. The zero-order valence-electron chi connectivity index (χ0n) is 12.3. The quantitative estimate of drug-likeness (QED) is 0.881. The average Bonchev–Trinajstić information content (AvgIpc) is 2.76.